The number of carbonyl (C=O) groups is 1. The first-order valence-corrected chi connectivity index (χ1v) is 8.15. The maximum Gasteiger partial charge on any atom is 0.407 e. The van der Waals surface area contributed by atoms with Crippen LogP contribution in [0.4, 0.5) is 15.0 Å². The van der Waals surface area contributed by atoms with Gasteiger partial charge in [-0.25, -0.2) is 14.2 Å². The lowest BCUT2D eigenvalue weighted by Gasteiger charge is -2.19. The van der Waals surface area contributed by atoms with Crippen molar-refractivity contribution in [3.63, 3.8) is 0 Å². The Kier molecular flexibility index (Phi) is 4.78. The third-order valence-corrected chi connectivity index (χ3v) is 4.40. The van der Waals surface area contributed by atoms with Gasteiger partial charge in [0, 0.05) is 25.0 Å². The number of benzene rings is 1. The van der Waals surface area contributed by atoms with Gasteiger partial charge in [0.25, 0.3) is 0 Å². The fourth-order valence-electron chi connectivity index (χ4n) is 2.97. The van der Waals surface area contributed by atoms with Crippen molar-refractivity contribution in [1.82, 2.24) is 20.1 Å². The van der Waals surface area contributed by atoms with Crippen molar-refractivity contribution in [3.05, 3.63) is 47.2 Å². The van der Waals surface area contributed by atoms with Crippen LogP contribution >= 0.6 is 0 Å². The number of hydrogen-bond donors (Lipinski definition) is 2. The summed E-state index contributed by atoms with van der Waals surface area (Å²) in [6.45, 7) is 4.61. The fourth-order valence-corrected chi connectivity index (χ4v) is 2.97. The third-order valence-electron chi connectivity index (χ3n) is 4.40. The highest BCUT2D eigenvalue weighted by Crippen LogP contribution is 2.28. The minimum absolute atomic E-state index is 0.0219. The smallest absolute Gasteiger partial charge is 0.407 e. The van der Waals surface area contributed by atoms with Crippen molar-refractivity contribution in [2.24, 2.45) is 0 Å². The minimum atomic E-state index is -0.916. The van der Waals surface area contributed by atoms with Crippen molar-refractivity contribution in [2.45, 2.75) is 32.2 Å². The largest absolute Gasteiger partial charge is 0.465 e. The zero-order valence-electron chi connectivity index (χ0n) is 14.1. The zero-order chi connectivity index (χ0) is 18.0. The Hall–Kier alpha value is -2.77. The predicted molar refractivity (Wildman–Crippen MR) is 90.1 cm³/mol. The van der Waals surface area contributed by atoms with Crippen molar-refractivity contribution in [2.75, 3.05) is 18.4 Å². The van der Waals surface area contributed by atoms with Crippen molar-refractivity contribution < 1.29 is 14.3 Å². The average molecular weight is 345 g/mol. The van der Waals surface area contributed by atoms with E-state index in [1.54, 1.807) is 19.1 Å². The first-order chi connectivity index (χ1) is 11.9. The number of hydrogen-bond acceptors (Lipinski definition) is 5. The third kappa shape index (κ3) is 3.84. The van der Waals surface area contributed by atoms with Gasteiger partial charge in [-0.15, -0.1) is 10.2 Å². The van der Waals surface area contributed by atoms with Crippen LogP contribution in [-0.2, 0) is 0 Å². The molecular formula is C17H20FN5O2. The summed E-state index contributed by atoms with van der Waals surface area (Å²) in [4.78, 5) is 16.9. The van der Waals surface area contributed by atoms with Gasteiger partial charge in [-0.05, 0) is 31.0 Å². The van der Waals surface area contributed by atoms with Crippen LogP contribution in [0.1, 0.15) is 36.3 Å². The number of nitrogens with one attached hydrogen (secondary N) is 1. The highest BCUT2D eigenvalue weighted by atomic mass is 19.1. The number of rotatable bonds is 4. The van der Waals surface area contributed by atoms with Gasteiger partial charge < -0.3 is 15.3 Å². The number of nitrogens with zero attached hydrogens (tertiary/aromatic N) is 4. The highest BCUT2D eigenvalue weighted by molar-refractivity contribution is 5.65. The summed E-state index contributed by atoms with van der Waals surface area (Å²) in [7, 11) is 0. The standard InChI is InChI=1S/C17H20FN5O2/c1-10(12-3-5-13(18)6-4-12)15-16(19-11(2)21-22-15)20-14-7-8-23(9-14)17(24)25/h3-6,10,14H,7-9H2,1-2H3,(H,24,25)(H,19,20,21)/t10-,14?/m1/s1. The van der Waals surface area contributed by atoms with Crippen LogP contribution in [0.25, 0.3) is 0 Å². The molecule has 2 atom stereocenters. The summed E-state index contributed by atoms with van der Waals surface area (Å²) in [5.41, 5.74) is 1.56. The van der Waals surface area contributed by atoms with E-state index in [0.29, 0.717) is 36.8 Å². The molecule has 1 fully saturated rings. The minimum Gasteiger partial charge on any atom is -0.465 e. The molecule has 1 aromatic carbocycles. The second-order valence-electron chi connectivity index (χ2n) is 6.22. The fraction of sp³-hybridized carbons (Fsp3) is 0.412. The predicted octanol–water partition coefficient (Wildman–Crippen LogP) is 2.64. The Balaban J connectivity index is 1.83. The summed E-state index contributed by atoms with van der Waals surface area (Å²) in [6, 6.07) is 6.23. The molecule has 0 aliphatic carbocycles. The van der Waals surface area contributed by atoms with Crippen LogP contribution in [0.3, 0.4) is 0 Å². The van der Waals surface area contributed by atoms with Crippen LogP contribution in [-0.4, -0.2) is 50.4 Å². The second-order valence-corrected chi connectivity index (χ2v) is 6.22. The molecule has 25 heavy (non-hydrogen) atoms. The van der Waals surface area contributed by atoms with Gasteiger partial charge in [0.1, 0.15) is 17.3 Å². The maximum atomic E-state index is 13.2. The molecule has 2 heterocycles. The number of halogens is 1. The second kappa shape index (κ2) is 7.00. The van der Waals surface area contributed by atoms with E-state index in [1.165, 1.54) is 17.0 Å². The molecule has 1 aliphatic rings. The van der Waals surface area contributed by atoms with Crippen molar-refractivity contribution in [1.29, 1.82) is 0 Å². The molecule has 3 rings (SSSR count). The Morgan fingerprint density at radius 3 is 2.72 bits per heavy atom. The lowest BCUT2D eigenvalue weighted by Crippen LogP contribution is -2.30. The molecule has 1 amide bonds. The summed E-state index contributed by atoms with van der Waals surface area (Å²) >= 11 is 0. The van der Waals surface area contributed by atoms with Crippen LogP contribution in [0, 0.1) is 12.7 Å². The molecule has 132 valence electrons. The summed E-state index contributed by atoms with van der Waals surface area (Å²) < 4.78 is 13.2. The van der Waals surface area contributed by atoms with Gasteiger partial charge in [0.2, 0.25) is 0 Å². The van der Waals surface area contributed by atoms with E-state index in [2.05, 4.69) is 20.5 Å². The lowest BCUT2D eigenvalue weighted by molar-refractivity contribution is 0.155. The molecule has 1 aromatic heterocycles. The van der Waals surface area contributed by atoms with E-state index in [0.717, 1.165) is 5.56 Å². The maximum absolute atomic E-state index is 13.2. The van der Waals surface area contributed by atoms with Gasteiger partial charge in [0.15, 0.2) is 5.82 Å². The number of anilines is 1. The Labute approximate surface area is 144 Å². The van der Waals surface area contributed by atoms with Crippen LogP contribution < -0.4 is 5.32 Å². The molecule has 1 saturated heterocycles. The SMILES string of the molecule is Cc1nnc([C@H](C)c2ccc(F)cc2)c(NC2CCN(C(=O)O)C2)n1. The first-order valence-electron chi connectivity index (χ1n) is 8.15. The number of aromatic nitrogens is 3. The van der Waals surface area contributed by atoms with Crippen LogP contribution in [0.2, 0.25) is 0 Å². The van der Waals surface area contributed by atoms with E-state index in [9.17, 15) is 9.18 Å². The van der Waals surface area contributed by atoms with E-state index < -0.39 is 6.09 Å². The Morgan fingerprint density at radius 1 is 1.36 bits per heavy atom. The summed E-state index contributed by atoms with van der Waals surface area (Å²) in [5.74, 6) is 0.718. The number of aryl methyl sites for hydroxylation is 1. The first kappa shape index (κ1) is 17.1. The lowest BCUT2D eigenvalue weighted by atomic mass is 9.97. The molecule has 0 radical (unpaired) electrons. The Bertz CT molecular complexity index is 768. The van der Waals surface area contributed by atoms with E-state index in [-0.39, 0.29) is 17.8 Å². The molecular weight excluding hydrogens is 325 g/mol. The molecule has 0 spiro atoms. The van der Waals surface area contributed by atoms with Gasteiger partial charge in [0.05, 0.1) is 0 Å². The quantitative estimate of drug-likeness (QED) is 0.885. The molecule has 7 nitrogen and oxygen atoms in total. The van der Waals surface area contributed by atoms with E-state index >= 15 is 0 Å². The number of likely N-dealkylation sites (tertiary alicyclic amines) is 1. The molecule has 2 N–H and O–H groups in total. The van der Waals surface area contributed by atoms with Crippen molar-refractivity contribution in [3.8, 4) is 0 Å². The normalized spacial score (nSPS) is 18.2. The molecule has 0 bridgehead atoms. The number of carboxylic acid groups (broad SMARTS) is 1. The van der Waals surface area contributed by atoms with Crippen LogP contribution in [0.15, 0.2) is 24.3 Å². The van der Waals surface area contributed by atoms with E-state index in [4.69, 9.17) is 5.11 Å². The Morgan fingerprint density at radius 2 is 2.08 bits per heavy atom. The van der Waals surface area contributed by atoms with Gasteiger partial charge >= 0.3 is 6.09 Å². The van der Waals surface area contributed by atoms with Crippen molar-refractivity contribution >= 4 is 11.9 Å². The molecule has 1 unspecified atom stereocenters. The van der Waals surface area contributed by atoms with E-state index in [1.807, 2.05) is 6.92 Å². The zero-order valence-corrected chi connectivity index (χ0v) is 14.1. The average Bonchev–Trinajstić information content (AvgIpc) is 3.04. The van der Waals surface area contributed by atoms with Gasteiger partial charge in [-0.3, -0.25) is 0 Å². The summed E-state index contributed by atoms with van der Waals surface area (Å²) in [5, 5.41) is 20.7. The van der Waals surface area contributed by atoms with Crippen LogP contribution in [0.5, 0.6) is 0 Å². The number of amides is 1. The summed E-state index contributed by atoms with van der Waals surface area (Å²) in [6.07, 6.45) is -0.208. The highest BCUT2D eigenvalue weighted by Gasteiger charge is 2.27. The molecule has 8 heteroatoms. The molecule has 2 aromatic rings. The monoisotopic (exact) mass is 345 g/mol. The topological polar surface area (TPSA) is 91.2 Å². The molecule has 1 aliphatic heterocycles. The molecule has 0 saturated carbocycles. The van der Waals surface area contributed by atoms with Gasteiger partial charge in [-0.2, -0.15) is 0 Å². The van der Waals surface area contributed by atoms with Gasteiger partial charge in [-0.1, -0.05) is 19.1 Å².